The van der Waals surface area contributed by atoms with Gasteiger partial charge in [0.2, 0.25) is 5.91 Å². The number of carbonyl (C=O) groups excluding carboxylic acids is 1. The SMILES string of the molecule is Cc1ccc(C)n1CC(=O)N[C@H]1CCS(=O)(=O)C1. The van der Waals surface area contributed by atoms with Crippen LogP contribution in [0.5, 0.6) is 0 Å². The van der Waals surface area contributed by atoms with Crippen molar-refractivity contribution < 1.29 is 13.2 Å². The molecule has 1 saturated heterocycles. The van der Waals surface area contributed by atoms with Crippen LogP contribution in [0.25, 0.3) is 0 Å². The topological polar surface area (TPSA) is 68.2 Å². The molecule has 1 aliphatic rings. The van der Waals surface area contributed by atoms with E-state index >= 15 is 0 Å². The van der Waals surface area contributed by atoms with Gasteiger partial charge in [-0.25, -0.2) is 8.42 Å². The van der Waals surface area contributed by atoms with Crippen molar-refractivity contribution in [1.82, 2.24) is 9.88 Å². The van der Waals surface area contributed by atoms with Crippen LogP contribution in [-0.2, 0) is 21.2 Å². The predicted octanol–water partition coefficient (Wildman–Crippen LogP) is 0.408. The summed E-state index contributed by atoms with van der Waals surface area (Å²) < 4.78 is 24.5. The number of aromatic nitrogens is 1. The van der Waals surface area contributed by atoms with Crippen molar-refractivity contribution in [2.24, 2.45) is 0 Å². The zero-order valence-electron chi connectivity index (χ0n) is 10.6. The zero-order valence-corrected chi connectivity index (χ0v) is 11.5. The number of amides is 1. The first kappa shape index (κ1) is 13.1. The van der Waals surface area contributed by atoms with Crippen LogP contribution in [0.2, 0.25) is 0 Å². The Morgan fingerprint density at radius 3 is 2.50 bits per heavy atom. The van der Waals surface area contributed by atoms with Crippen LogP contribution in [0.4, 0.5) is 0 Å². The summed E-state index contributed by atoms with van der Waals surface area (Å²) in [5.41, 5.74) is 2.06. The maximum absolute atomic E-state index is 11.9. The molecular formula is C12H18N2O3S. The van der Waals surface area contributed by atoms with Crippen LogP contribution >= 0.6 is 0 Å². The molecular weight excluding hydrogens is 252 g/mol. The first-order valence-electron chi connectivity index (χ1n) is 6.00. The fraction of sp³-hybridized carbons (Fsp3) is 0.583. The molecule has 5 nitrogen and oxygen atoms in total. The van der Waals surface area contributed by atoms with Crippen LogP contribution in [0.1, 0.15) is 17.8 Å². The van der Waals surface area contributed by atoms with Gasteiger partial charge in [0.05, 0.1) is 11.5 Å². The van der Waals surface area contributed by atoms with E-state index in [-0.39, 0.29) is 30.0 Å². The van der Waals surface area contributed by atoms with E-state index in [0.717, 1.165) is 11.4 Å². The number of aryl methyl sites for hydroxylation is 2. The van der Waals surface area contributed by atoms with E-state index in [2.05, 4.69) is 5.32 Å². The minimum absolute atomic E-state index is 0.0718. The highest BCUT2D eigenvalue weighted by Gasteiger charge is 2.28. The Morgan fingerprint density at radius 2 is 2.00 bits per heavy atom. The molecule has 18 heavy (non-hydrogen) atoms. The maximum Gasteiger partial charge on any atom is 0.240 e. The van der Waals surface area contributed by atoms with Crippen molar-refractivity contribution in [1.29, 1.82) is 0 Å². The molecule has 1 aromatic heterocycles. The summed E-state index contributed by atoms with van der Waals surface area (Å²) >= 11 is 0. The average Bonchev–Trinajstić information content (AvgIpc) is 2.75. The molecule has 2 heterocycles. The largest absolute Gasteiger partial charge is 0.351 e. The number of rotatable bonds is 3. The Hall–Kier alpha value is -1.30. The molecule has 1 aromatic rings. The average molecular weight is 270 g/mol. The zero-order chi connectivity index (χ0) is 13.3. The second kappa shape index (κ2) is 4.76. The fourth-order valence-electron chi connectivity index (χ4n) is 2.27. The smallest absolute Gasteiger partial charge is 0.240 e. The molecule has 1 aliphatic heterocycles. The Kier molecular flexibility index (Phi) is 3.47. The molecule has 2 rings (SSSR count). The monoisotopic (exact) mass is 270 g/mol. The van der Waals surface area contributed by atoms with Gasteiger partial charge in [-0.15, -0.1) is 0 Å². The van der Waals surface area contributed by atoms with Gasteiger partial charge in [0.15, 0.2) is 9.84 Å². The summed E-state index contributed by atoms with van der Waals surface area (Å²) in [6, 6.07) is 3.70. The molecule has 1 atom stereocenters. The molecule has 0 aliphatic carbocycles. The Balaban J connectivity index is 1.94. The Morgan fingerprint density at radius 1 is 1.39 bits per heavy atom. The predicted molar refractivity (Wildman–Crippen MR) is 69.1 cm³/mol. The van der Waals surface area contributed by atoms with Crippen molar-refractivity contribution in [2.75, 3.05) is 11.5 Å². The van der Waals surface area contributed by atoms with Crippen molar-refractivity contribution in [3.8, 4) is 0 Å². The second-order valence-corrected chi connectivity index (χ2v) is 7.10. The molecule has 0 bridgehead atoms. The quantitative estimate of drug-likeness (QED) is 0.865. The van der Waals surface area contributed by atoms with E-state index in [9.17, 15) is 13.2 Å². The third kappa shape index (κ3) is 2.93. The second-order valence-electron chi connectivity index (χ2n) is 4.87. The highest BCUT2D eigenvalue weighted by atomic mass is 32.2. The summed E-state index contributed by atoms with van der Waals surface area (Å²) in [5.74, 6) is 0.126. The summed E-state index contributed by atoms with van der Waals surface area (Å²) in [5, 5.41) is 2.79. The lowest BCUT2D eigenvalue weighted by molar-refractivity contribution is -0.122. The highest BCUT2D eigenvalue weighted by Crippen LogP contribution is 2.12. The van der Waals surface area contributed by atoms with Crippen molar-refractivity contribution in [3.63, 3.8) is 0 Å². The van der Waals surface area contributed by atoms with Gasteiger partial charge in [0, 0.05) is 17.4 Å². The standard InChI is InChI=1S/C12H18N2O3S/c1-9-3-4-10(2)14(9)7-12(15)13-11-5-6-18(16,17)8-11/h3-4,11H,5-8H2,1-2H3,(H,13,15)/t11-/m0/s1. The molecule has 6 heteroatoms. The molecule has 0 unspecified atom stereocenters. The molecule has 1 N–H and O–H groups in total. The number of carbonyl (C=O) groups is 1. The number of nitrogens with one attached hydrogen (secondary N) is 1. The van der Waals surface area contributed by atoms with E-state index < -0.39 is 9.84 Å². The Bertz CT molecular complexity index is 540. The van der Waals surface area contributed by atoms with Crippen molar-refractivity contribution in [2.45, 2.75) is 32.9 Å². The number of nitrogens with zero attached hydrogens (tertiary/aromatic N) is 1. The molecule has 1 amide bonds. The van der Waals surface area contributed by atoms with Gasteiger partial charge in [-0.05, 0) is 32.4 Å². The van der Waals surface area contributed by atoms with Gasteiger partial charge in [0.25, 0.3) is 0 Å². The number of hydrogen-bond acceptors (Lipinski definition) is 3. The molecule has 0 spiro atoms. The lowest BCUT2D eigenvalue weighted by Crippen LogP contribution is -2.38. The first-order chi connectivity index (χ1) is 8.37. The van der Waals surface area contributed by atoms with E-state index in [0.29, 0.717) is 6.42 Å². The fourth-order valence-corrected chi connectivity index (χ4v) is 3.95. The summed E-state index contributed by atoms with van der Waals surface area (Å²) in [4.78, 5) is 11.9. The van der Waals surface area contributed by atoms with Gasteiger partial charge in [-0.1, -0.05) is 0 Å². The highest BCUT2D eigenvalue weighted by molar-refractivity contribution is 7.91. The van der Waals surface area contributed by atoms with E-state index in [1.54, 1.807) is 0 Å². The van der Waals surface area contributed by atoms with E-state index in [4.69, 9.17) is 0 Å². The van der Waals surface area contributed by atoms with Crippen molar-refractivity contribution in [3.05, 3.63) is 23.5 Å². The van der Waals surface area contributed by atoms with Crippen LogP contribution in [0.3, 0.4) is 0 Å². The van der Waals surface area contributed by atoms with Gasteiger partial charge < -0.3 is 9.88 Å². The minimum Gasteiger partial charge on any atom is -0.351 e. The summed E-state index contributed by atoms with van der Waals surface area (Å²) in [7, 11) is -2.94. The Labute approximate surface area is 107 Å². The molecule has 0 aromatic carbocycles. The van der Waals surface area contributed by atoms with Crippen LogP contribution in [0, 0.1) is 13.8 Å². The minimum atomic E-state index is -2.94. The van der Waals surface area contributed by atoms with Gasteiger partial charge in [-0.2, -0.15) is 0 Å². The third-order valence-electron chi connectivity index (χ3n) is 3.32. The van der Waals surface area contributed by atoms with Gasteiger partial charge in [0.1, 0.15) is 6.54 Å². The lowest BCUT2D eigenvalue weighted by Gasteiger charge is -2.13. The van der Waals surface area contributed by atoms with Crippen LogP contribution in [0.15, 0.2) is 12.1 Å². The van der Waals surface area contributed by atoms with Gasteiger partial charge in [-0.3, -0.25) is 4.79 Å². The van der Waals surface area contributed by atoms with Crippen LogP contribution in [-0.4, -0.2) is 36.4 Å². The summed E-state index contributed by atoms with van der Waals surface area (Å²) in [6.45, 7) is 4.14. The number of sulfone groups is 1. The molecule has 100 valence electrons. The van der Waals surface area contributed by atoms with Gasteiger partial charge >= 0.3 is 0 Å². The third-order valence-corrected chi connectivity index (χ3v) is 5.08. The van der Waals surface area contributed by atoms with Crippen molar-refractivity contribution >= 4 is 15.7 Å². The molecule has 0 radical (unpaired) electrons. The van der Waals surface area contributed by atoms with E-state index in [1.165, 1.54) is 0 Å². The molecule has 0 saturated carbocycles. The van der Waals surface area contributed by atoms with E-state index in [1.807, 2.05) is 30.5 Å². The normalized spacial score (nSPS) is 22.0. The first-order valence-corrected chi connectivity index (χ1v) is 7.82. The van der Waals surface area contributed by atoms with Crippen LogP contribution < -0.4 is 5.32 Å². The maximum atomic E-state index is 11.9. The summed E-state index contributed by atoms with van der Waals surface area (Å²) in [6.07, 6.45) is 0.526. The number of hydrogen-bond donors (Lipinski definition) is 1. The molecule has 1 fully saturated rings. The lowest BCUT2D eigenvalue weighted by atomic mass is 10.2.